The first kappa shape index (κ1) is 11.7. The van der Waals surface area contributed by atoms with Crippen molar-refractivity contribution in [3.63, 3.8) is 0 Å². The van der Waals surface area contributed by atoms with Crippen molar-refractivity contribution in [3.05, 3.63) is 21.9 Å². The van der Waals surface area contributed by atoms with E-state index in [1.54, 1.807) is 0 Å². The molecule has 16 heavy (non-hydrogen) atoms. The van der Waals surface area contributed by atoms with Gasteiger partial charge in [-0.25, -0.2) is 4.39 Å². The predicted molar refractivity (Wildman–Crippen MR) is 62.2 cm³/mol. The summed E-state index contributed by atoms with van der Waals surface area (Å²) in [5, 5.41) is 22.3. The molecule has 1 fully saturated rings. The van der Waals surface area contributed by atoms with Crippen molar-refractivity contribution in [3.8, 4) is 11.5 Å². The Kier molecular flexibility index (Phi) is 3.35. The van der Waals surface area contributed by atoms with Crippen LogP contribution >= 0.6 is 15.9 Å². The summed E-state index contributed by atoms with van der Waals surface area (Å²) in [7, 11) is 0. The molecule has 2 rings (SSSR count). The summed E-state index contributed by atoms with van der Waals surface area (Å²) in [4.78, 5) is 0. The van der Waals surface area contributed by atoms with E-state index in [0.717, 1.165) is 25.5 Å². The van der Waals surface area contributed by atoms with Crippen molar-refractivity contribution in [2.75, 3.05) is 6.54 Å². The Morgan fingerprint density at radius 3 is 2.88 bits per heavy atom. The highest BCUT2D eigenvalue weighted by molar-refractivity contribution is 9.10. The maximum atomic E-state index is 13.8. The third-order valence-corrected chi connectivity index (χ3v) is 3.46. The summed E-state index contributed by atoms with van der Waals surface area (Å²) >= 11 is 3.01. The van der Waals surface area contributed by atoms with Crippen LogP contribution in [0.3, 0.4) is 0 Å². The van der Waals surface area contributed by atoms with Crippen molar-refractivity contribution in [2.24, 2.45) is 0 Å². The number of benzene rings is 1. The third-order valence-electron chi connectivity index (χ3n) is 2.88. The van der Waals surface area contributed by atoms with Gasteiger partial charge in [0.2, 0.25) is 0 Å². The van der Waals surface area contributed by atoms with Crippen LogP contribution in [-0.4, -0.2) is 22.8 Å². The van der Waals surface area contributed by atoms with E-state index in [1.807, 2.05) is 0 Å². The zero-order valence-electron chi connectivity index (χ0n) is 8.63. The lowest BCUT2D eigenvalue weighted by molar-refractivity contribution is 0.389. The van der Waals surface area contributed by atoms with Crippen molar-refractivity contribution in [2.45, 2.75) is 25.3 Å². The zero-order chi connectivity index (χ0) is 11.7. The average molecular weight is 290 g/mol. The van der Waals surface area contributed by atoms with Crippen molar-refractivity contribution >= 4 is 15.9 Å². The number of phenolic OH excluding ortho intramolecular Hbond substituents is 2. The third kappa shape index (κ3) is 2.15. The van der Waals surface area contributed by atoms with Crippen LogP contribution in [0.1, 0.15) is 18.4 Å². The minimum Gasteiger partial charge on any atom is -0.504 e. The minimum absolute atomic E-state index is 0.172. The van der Waals surface area contributed by atoms with Crippen LogP contribution in [0.15, 0.2) is 10.5 Å². The second-order valence-electron chi connectivity index (χ2n) is 4.02. The monoisotopic (exact) mass is 289 g/mol. The minimum atomic E-state index is -0.496. The molecule has 0 aliphatic carbocycles. The van der Waals surface area contributed by atoms with Crippen LogP contribution in [0.4, 0.5) is 4.39 Å². The Labute approximate surface area is 101 Å². The summed E-state index contributed by atoms with van der Waals surface area (Å²) in [5.74, 6) is -1.14. The molecule has 3 N–H and O–H groups in total. The fourth-order valence-corrected chi connectivity index (χ4v) is 2.47. The van der Waals surface area contributed by atoms with Crippen LogP contribution in [0, 0.1) is 5.82 Å². The molecule has 0 amide bonds. The smallest absolute Gasteiger partial charge is 0.163 e. The predicted octanol–water partition coefficient (Wildman–Crippen LogP) is 2.29. The SMILES string of the molecule is Oc1cc(Br)c(F)c(CC2CCCN2)c1O. The average Bonchev–Trinajstić information content (AvgIpc) is 2.74. The highest BCUT2D eigenvalue weighted by Gasteiger charge is 2.22. The summed E-state index contributed by atoms with van der Waals surface area (Å²) in [5.41, 5.74) is 0.172. The molecule has 1 aliphatic rings. The van der Waals surface area contributed by atoms with Crippen LogP contribution in [0.25, 0.3) is 0 Å². The van der Waals surface area contributed by atoms with Gasteiger partial charge in [-0.15, -0.1) is 0 Å². The van der Waals surface area contributed by atoms with Crippen molar-refractivity contribution in [1.29, 1.82) is 0 Å². The normalized spacial score (nSPS) is 20.2. The molecule has 1 heterocycles. The molecule has 1 unspecified atom stereocenters. The molecule has 0 bridgehead atoms. The number of nitrogens with one attached hydrogen (secondary N) is 1. The van der Waals surface area contributed by atoms with E-state index in [0.29, 0.717) is 6.42 Å². The number of hydrogen-bond acceptors (Lipinski definition) is 3. The topological polar surface area (TPSA) is 52.5 Å². The van der Waals surface area contributed by atoms with E-state index in [-0.39, 0.29) is 27.6 Å². The Hall–Kier alpha value is -0.810. The van der Waals surface area contributed by atoms with Crippen LogP contribution in [0.5, 0.6) is 11.5 Å². The van der Waals surface area contributed by atoms with Gasteiger partial charge >= 0.3 is 0 Å². The molecule has 5 heteroatoms. The fourth-order valence-electron chi connectivity index (χ4n) is 2.02. The van der Waals surface area contributed by atoms with Gasteiger partial charge in [0.15, 0.2) is 11.5 Å². The number of aromatic hydroxyl groups is 2. The number of rotatable bonds is 2. The molecular formula is C11H13BrFNO2. The molecule has 1 atom stereocenters. The van der Waals surface area contributed by atoms with Gasteiger partial charge in [0.25, 0.3) is 0 Å². The molecule has 0 spiro atoms. The van der Waals surface area contributed by atoms with Gasteiger partial charge < -0.3 is 15.5 Å². The van der Waals surface area contributed by atoms with E-state index in [9.17, 15) is 14.6 Å². The maximum absolute atomic E-state index is 13.8. The second kappa shape index (κ2) is 4.59. The highest BCUT2D eigenvalue weighted by atomic mass is 79.9. The lowest BCUT2D eigenvalue weighted by Crippen LogP contribution is -2.24. The summed E-state index contributed by atoms with van der Waals surface area (Å²) in [6.07, 6.45) is 2.42. The fraction of sp³-hybridized carbons (Fsp3) is 0.455. The second-order valence-corrected chi connectivity index (χ2v) is 4.87. The van der Waals surface area contributed by atoms with E-state index in [2.05, 4.69) is 21.2 Å². The molecule has 1 aromatic rings. The van der Waals surface area contributed by atoms with Crippen LogP contribution < -0.4 is 5.32 Å². The van der Waals surface area contributed by atoms with Crippen LogP contribution in [0.2, 0.25) is 0 Å². The number of hydrogen-bond donors (Lipinski definition) is 3. The molecule has 3 nitrogen and oxygen atoms in total. The van der Waals surface area contributed by atoms with Gasteiger partial charge in [0.05, 0.1) is 4.47 Å². The quantitative estimate of drug-likeness (QED) is 0.733. The van der Waals surface area contributed by atoms with Gasteiger partial charge in [0, 0.05) is 17.7 Å². The van der Waals surface area contributed by atoms with Gasteiger partial charge in [0.1, 0.15) is 5.82 Å². The highest BCUT2D eigenvalue weighted by Crippen LogP contribution is 2.36. The van der Waals surface area contributed by atoms with Gasteiger partial charge in [-0.3, -0.25) is 0 Å². The van der Waals surface area contributed by atoms with Gasteiger partial charge in [-0.05, 0) is 41.7 Å². The van der Waals surface area contributed by atoms with Crippen LogP contribution in [-0.2, 0) is 6.42 Å². The first-order chi connectivity index (χ1) is 7.59. The molecule has 88 valence electrons. The molecule has 0 saturated carbocycles. The molecule has 0 radical (unpaired) electrons. The summed E-state index contributed by atoms with van der Waals surface area (Å²) < 4.78 is 13.9. The largest absolute Gasteiger partial charge is 0.504 e. The lowest BCUT2D eigenvalue weighted by Gasteiger charge is -2.13. The summed E-state index contributed by atoms with van der Waals surface area (Å²) in [6.45, 7) is 0.924. The van der Waals surface area contributed by atoms with Gasteiger partial charge in [-0.1, -0.05) is 0 Å². The Bertz CT molecular complexity index is 379. The molecule has 0 aromatic heterocycles. The van der Waals surface area contributed by atoms with E-state index in [1.165, 1.54) is 0 Å². The standard InChI is InChI=1S/C11H13BrFNO2/c12-8-5-9(15)11(16)7(10(8)13)4-6-2-1-3-14-6/h5-6,14-16H,1-4H2. The molecule has 1 aromatic carbocycles. The summed E-state index contributed by atoms with van der Waals surface area (Å²) in [6, 6.07) is 1.34. The van der Waals surface area contributed by atoms with E-state index < -0.39 is 5.82 Å². The van der Waals surface area contributed by atoms with E-state index >= 15 is 0 Å². The molecule has 1 saturated heterocycles. The zero-order valence-corrected chi connectivity index (χ0v) is 10.2. The number of halogens is 2. The molecule has 1 aliphatic heterocycles. The first-order valence-electron chi connectivity index (χ1n) is 5.21. The first-order valence-corrected chi connectivity index (χ1v) is 6.01. The van der Waals surface area contributed by atoms with E-state index in [4.69, 9.17) is 0 Å². The lowest BCUT2D eigenvalue weighted by atomic mass is 10.0. The Morgan fingerprint density at radius 2 is 2.25 bits per heavy atom. The van der Waals surface area contributed by atoms with Crippen molar-refractivity contribution < 1.29 is 14.6 Å². The Morgan fingerprint density at radius 1 is 1.50 bits per heavy atom. The molecular weight excluding hydrogens is 277 g/mol. The Balaban J connectivity index is 2.31. The van der Waals surface area contributed by atoms with Crippen molar-refractivity contribution in [1.82, 2.24) is 5.32 Å². The maximum Gasteiger partial charge on any atom is 0.163 e. The number of phenols is 2. The van der Waals surface area contributed by atoms with Gasteiger partial charge in [-0.2, -0.15) is 0 Å².